The van der Waals surface area contributed by atoms with Gasteiger partial charge in [-0.25, -0.2) is 5.43 Å². The number of nitrogens with one attached hydrogen (secondary N) is 1. The van der Waals surface area contributed by atoms with Gasteiger partial charge in [0.15, 0.2) is 0 Å². The number of hydrogen-bond acceptors (Lipinski definition) is 3. The molecule has 0 spiro atoms. The molecule has 0 aliphatic carbocycles. The molecule has 0 aliphatic rings. The van der Waals surface area contributed by atoms with Crippen LogP contribution in [0.3, 0.4) is 0 Å². The first kappa shape index (κ1) is 18.5. The number of hydrazone groups is 1. The van der Waals surface area contributed by atoms with Crippen LogP contribution in [0, 0.1) is 27.7 Å². The Morgan fingerprint density at radius 3 is 2.37 bits per heavy atom. The third-order valence-electron chi connectivity index (χ3n) is 4.72. The Kier molecular flexibility index (Phi) is 5.12. The van der Waals surface area contributed by atoms with Crippen molar-refractivity contribution < 1.29 is 9.90 Å². The summed E-state index contributed by atoms with van der Waals surface area (Å²) in [6.45, 7) is 8.29. The molecule has 5 nitrogen and oxygen atoms in total. The number of phenolic OH excluding ortho intramolecular Hbond substituents is 1. The lowest BCUT2D eigenvalue weighted by molar-refractivity contribution is 0.0955. The summed E-state index contributed by atoms with van der Waals surface area (Å²) in [7, 11) is 0. The molecule has 0 aliphatic heterocycles. The van der Waals surface area contributed by atoms with Crippen LogP contribution in [0.4, 0.5) is 0 Å². The van der Waals surface area contributed by atoms with Crippen molar-refractivity contribution in [1.29, 1.82) is 0 Å². The average Bonchev–Trinajstić information content (AvgIpc) is 2.92. The Bertz CT molecular complexity index is 1010. The Morgan fingerprint density at radius 2 is 1.70 bits per heavy atom. The lowest BCUT2D eigenvalue weighted by Crippen LogP contribution is -2.17. The fourth-order valence-electron chi connectivity index (χ4n) is 3.02. The molecule has 27 heavy (non-hydrogen) atoms. The Morgan fingerprint density at radius 1 is 1.00 bits per heavy atom. The number of aryl methyl sites for hydroxylation is 3. The molecule has 3 aromatic rings. The molecule has 2 aromatic carbocycles. The van der Waals surface area contributed by atoms with Crippen molar-refractivity contribution in [3.8, 4) is 11.4 Å². The van der Waals surface area contributed by atoms with Crippen molar-refractivity contribution in [2.24, 2.45) is 5.10 Å². The number of aromatic hydroxyl groups is 1. The molecule has 0 unspecified atom stereocenters. The van der Waals surface area contributed by atoms with Crippen molar-refractivity contribution in [3.63, 3.8) is 0 Å². The topological polar surface area (TPSA) is 66.6 Å². The van der Waals surface area contributed by atoms with Crippen molar-refractivity contribution in [3.05, 3.63) is 82.2 Å². The first-order chi connectivity index (χ1) is 12.9. The summed E-state index contributed by atoms with van der Waals surface area (Å²) in [6, 6.07) is 14.5. The number of carbonyl (C=O) groups is 1. The van der Waals surface area contributed by atoms with E-state index in [9.17, 15) is 9.90 Å². The first-order valence-electron chi connectivity index (χ1n) is 8.76. The van der Waals surface area contributed by atoms with Crippen molar-refractivity contribution >= 4 is 12.1 Å². The summed E-state index contributed by atoms with van der Waals surface area (Å²) >= 11 is 0. The zero-order valence-corrected chi connectivity index (χ0v) is 15.9. The highest BCUT2D eigenvalue weighted by atomic mass is 16.3. The van der Waals surface area contributed by atoms with Gasteiger partial charge in [0.05, 0.1) is 6.21 Å². The molecule has 138 valence electrons. The van der Waals surface area contributed by atoms with Gasteiger partial charge in [-0.1, -0.05) is 6.07 Å². The Balaban J connectivity index is 1.79. The molecule has 3 rings (SSSR count). The molecule has 0 fully saturated rings. The molecular weight excluding hydrogens is 338 g/mol. The summed E-state index contributed by atoms with van der Waals surface area (Å²) in [6.07, 6.45) is 1.65. The van der Waals surface area contributed by atoms with E-state index in [2.05, 4.69) is 54.1 Å². The number of rotatable bonds is 4. The van der Waals surface area contributed by atoms with Gasteiger partial charge < -0.3 is 9.67 Å². The van der Waals surface area contributed by atoms with Gasteiger partial charge in [-0.15, -0.1) is 0 Å². The molecule has 5 heteroatoms. The Labute approximate surface area is 159 Å². The quantitative estimate of drug-likeness (QED) is 0.541. The Hall–Kier alpha value is -3.34. The van der Waals surface area contributed by atoms with Gasteiger partial charge >= 0.3 is 0 Å². The van der Waals surface area contributed by atoms with E-state index in [1.807, 2.05) is 13.0 Å². The van der Waals surface area contributed by atoms with Crippen LogP contribution in [0.15, 0.2) is 53.6 Å². The van der Waals surface area contributed by atoms with Crippen LogP contribution in [0.2, 0.25) is 0 Å². The molecule has 1 aromatic heterocycles. The summed E-state index contributed by atoms with van der Waals surface area (Å²) in [5, 5.41) is 13.4. The maximum atomic E-state index is 12.1. The SMILES string of the molecule is Cc1ccc(-n2c(C)cc(/C=N\NC(=O)c3ccc(O)cc3)c2C)cc1C. The van der Waals surface area contributed by atoms with Crippen LogP contribution in [0.25, 0.3) is 5.69 Å². The predicted octanol–water partition coefficient (Wildman–Crippen LogP) is 4.18. The maximum Gasteiger partial charge on any atom is 0.271 e. The number of hydrogen-bond donors (Lipinski definition) is 2. The van der Waals surface area contributed by atoms with Crippen LogP contribution in [-0.2, 0) is 0 Å². The molecule has 0 bridgehead atoms. The minimum absolute atomic E-state index is 0.119. The van der Waals surface area contributed by atoms with Gasteiger partial charge in [0.25, 0.3) is 5.91 Å². The summed E-state index contributed by atoms with van der Waals surface area (Å²) in [4.78, 5) is 12.1. The zero-order chi connectivity index (χ0) is 19.6. The second-order valence-electron chi connectivity index (χ2n) is 6.68. The molecule has 1 heterocycles. The van der Waals surface area contributed by atoms with Gasteiger partial charge in [0, 0.05) is 28.2 Å². The summed E-state index contributed by atoms with van der Waals surface area (Å²) in [5.41, 5.74) is 9.67. The first-order valence-corrected chi connectivity index (χ1v) is 8.76. The third kappa shape index (κ3) is 3.92. The molecule has 0 saturated heterocycles. The van der Waals surface area contributed by atoms with E-state index < -0.39 is 0 Å². The van der Waals surface area contributed by atoms with Crippen molar-refractivity contribution in [2.45, 2.75) is 27.7 Å². The average molecular weight is 361 g/mol. The normalized spacial score (nSPS) is 11.1. The van der Waals surface area contributed by atoms with Gasteiger partial charge in [-0.2, -0.15) is 5.10 Å². The largest absolute Gasteiger partial charge is 0.508 e. The second kappa shape index (κ2) is 7.50. The number of aromatic nitrogens is 1. The van der Waals surface area contributed by atoms with E-state index in [0.717, 1.165) is 22.6 Å². The number of nitrogens with zero attached hydrogens (tertiary/aromatic N) is 2. The predicted molar refractivity (Wildman–Crippen MR) is 108 cm³/mol. The number of phenols is 1. The lowest BCUT2D eigenvalue weighted by Gasteiger charge is -2.11. The van der Waals surface area contributed by atoms with E-state index in [-0.39, 0.29) is 11.7 Å². The van der Waals surface area contributed by atoms with Crippen LogP contribution in [0.1, 0.15) is 38.4 Å². The van der Waals surface area contributed by atoms with Crippen LogP contribution < -0.4 is 5.43 Å². The van der Waals surface area contributed by atoms with E-state index in [1.165, 1.54) is 23.3 Å². The summed E-state index contributed by atoms with van der Waals surface area (Å²) in [5.74, 6) is -0.206. The number of benzene rings is 2. The minimum atomic E-state index is -0.325. The molecule has 2 N–H and O–H groups in total. The van der Waals surface area contributed by atoms with Crippen molar-refractivity contribution in [1.82, 2.24) is 9.99 Å². The van der Waals surface area contributed by atoms with E-state index in [4.69, 9.17) is 0 Å². The third-order valence-corrected chi connectivity index (χ3v) is 4.72. The second-order valence-corrected chi connectivity index (χ2v) is 6.68. The minimum Gasteiger partial charge on any atom is -0.508 e. The monoisotopic (exact) mass is 361 g/mol. The molecule has 0 radical (unpaired) electrons. The smallest absolute Gasteiger partial charge is 0.271 e. The molecule has 0 atom stereocenters. The highest BCUT2D eigenvalue weighted by Crippen LogP contribution is 2.21. The fraction of sp³-hybridized carbons (Fsp3) is 0.182. The van der Waals surface area contributed by atoms with E-state index in [0.29, 0.717) is 5.56 Å². The van der Waals surface area contributed by atoms with E-state index >= 15 is 0 Å². The van der Waals surface area contributed by atoms with Crippen LogP contribution in [-0.4, -0.2) is 21.8 Å². The maximum absolute atomic E-state index is 12.1. The van der Waals surface area contributed by atoms with Gasteiger partial charge in [0.2, 0.25) is 0 Å². The van der Waals surface area contributed by atoms with E-state index in [1.54, 1.807) is 18.3 Å². The summed E-state index contributed by atoms with van der Waals surface area (Å²) < 4.78 is 2.18. The number of amides is 1. The van der Waals surface area contributed by atoms with Crippen molar-refractivity contribution in [2.75, 3.05) is 0 Å². The number of carbonyl (C=O) groups excluding carboxylic acids is 1. The highest BCUT2D eigenvalue weighted by Gasteiger charge is 2.10. The molecule has 1 amide bonds. The van der Waals surface area contributed by atoms with Crippen LogP contribution >= 0.6 is 0 Å². The van der Waals surface area contributed by atoms with Crippen LogP contribution in [0.5, 0.6) is 5.75 Å². The lowest BCUT2D eigenvalue weighted by atomic mass is 10.1. The molecule has 0 saturated carbocycles. The highest BCUT2D eigenvalue weighted by molar-refractivity contribution is 5.95. The van der Waals surface area contributed by atoms with Gasteiger partial charge in [0.1, 0.15) is 5.75 Å². The van der Waals surface area contributed by atoms with Gasteiger partial charge in [-0.3, -0.25) is 4.79 Å². The zero-order valence-electron chi connectivity index (χ0n) is 15.9. The van der Waals surface area contributed by atoms with Gasteiger partial charge in [-0.05, 0) is 81.3 Å². The molecular formula is C22H23N3O2. The standard InChI is InChI=1S/C22H23N3O2/c1-14-5-8-20(11-15(14)2)25-16(3)12-19(17(25)4)13-23-24-22(27)18-6-9-21(26)10-7-18/h5-13,26H,1-4H3,(H,24,27)/b23-13-. The fourth-order valence-corrected chi connectivity index (χ4v) is 3.02.